The number of carbonyl (C=O) groups excluding carboxylic acids is 1. The van der Waals surface area contributed by atoms with Crippen molar-refractivity contribution in [1.82, 2.24) is 0 Å². The lowest BCUT2D eigenvalue weighted by atomic mass is 9.99. The standard InChI is InChI=1S/C12H17NOS/c1-10-4-6-13(7-5-10)9-11(14)12-3-2-8-15-12/h2-3,8,10H,4-7,9H2,1H3/p+1. The summed E-state index contributed by atoms with van der Waals surface area (Å²) in [6.07, 6.45) is 2.54. The van der Waals surface area contributed by atoms with Gasteiger partial charge in [0.15, 0.2) is 0 Å². The highest BCUT2D eigenvalue weighted by Gasteiger charge is 2.21. The van der Waals surface area contributed by atoms with E-state index >= 15 is 0 Å². The van der Waals surface area contributed by atoms with Crippen LogP contribution in [0.25, 0.3) is 0 Å². The van der Waals surface area contributed by atoms with Crippen molar-refractivity contribution >= 4 is 17.1 Å². The molecule has 0 unspecified atom stereocenters. The van der Waals surface area contributed by atoms with E-state index in [0.29, 0.717) is 12.3 Å². The molecular formula is C12H18NOS+. The van der Waals surface area contributed by atoms with E-state index in [1.165, 1.54) is 17.7 Å². The highest BCUT2D eigenvalue weighted by molar-refractivity contribution is 7.12. The number of nitrogens with one attached hydrogen (secondary N) is 1. The Morgan fingerprint density at radius 3 is 2.87 bits per heavy atom. The zero-order valence-corrected chi connectivity index (χ0v) is 9.98. The number of hydrogen-bond donors (Lipinski definition) is 1. The van der Waals surface area contributed by atoms with E-state index in [1.807, 2.05) is 17.5 Å². The third-order valence-electron chi connectivity index (χ3n) is 3.19. The molecule has 0 amide bonds. The SMILES string of the molecule is CC1CC[NH+](CC(=O)c2cccs2)CC1. The second-order valence-electron chi connectivity index (χ2n) is 4.51. The topological polar surface area (TPSA) is 21.5 Å². The summed E-state index contributed by atoms with van der Waals surface area (Å²) < 4.78 is 0. The van der Waals surface area contributed by atoms with Crippen LogP contribution >= 0.6 is 11.3 Å². The van der Waals surface area contributed by atoms with Gasteiger partial charge in [-0.25, -0.2) is 0 Å². The summed E-state index contributed by atoms with van der Waals surface area (Å²) in [4.78, 5) is 14.2. The molecule has 0 aromatic carbocycles. The quantitative estimate of drug-likeness (QED) is 0.767. The molecule has 2 heterocycles. The van der Waals surface area contributed by atoms with E-state index in [0.717, 1.165) is 23.9 Å². The summed E-state index contributed by atoms with van der Waals surface area (Å²) in [6, 6.07) is 3.88. The van der Waals surface area contributed by atoms with Gasteiger partial charge in [0, 0.05) is 0 Å². The van der Waals surface area contributed by atoms with Gasteiger partial charge in [-0.05, 0) is 30.2 Å². The average molecular weight is 224 g/mol. The zero-order valence-electron chi connectivity index (χ0n) is 9.16. The smallest absolute Gasteiger partial charge is 0.226 e. The number of carbonyl (C=O) groups is 1. The highest BCUT2D eigenvalue weighted by Crippen LogP contribution is 2.09. The minimum atomic E-state index is 0.314. The van der Waals surface area contributed by atoms with Crippen LogP contribution in [0, 0.1) is 5.92 Å². The van der Waals surface area contributed by atoms with Crippen LogP contribution in [-0.2, 0) is 0 Å². The van der Waals surface area contributed by atoms with Crippen molar-refractivity contribution in [3.8, 4) is 0 Å². The molecule has 0 spiro atoms. The van der Waals surface area contributed by atoms with Crippen LogP contribution in [0.2, 0.25) is 0 Å². The first kappa shape index (κ1) is 10.8. The van der Waals surface area contributed by atoms with Crippen LogP contribution in [0.5, 0.6) is 0 Å². The van der Waals surface area contributed by atoms with Gasteiger partial charge in [0.1, 0.15) is 6.54 Å². The predicted octanol–water partition coefficient (Wildman–Crippen LogP) is 1.25. The van der Waals surface area contributed by atoms with Crippen LogP contribution in [0.15, 0.2) is 17.5 Å². The van der Waals surface area contributed by atoms with E-state index in [2.05, 4.69) is 6.92 Å². The van der Waals surface area contributed by atoms with Crippen LogP contribution in [0.4, 0.5) is 0 Å². The Morgan fingerprint density at radius 1 is 1.53 bits per heavy atom. The molecule has 82 valence electrons. The van der Waals surface area contributed by atoms with E-state index < -0.39 is 0 Å². The molecule has 0 aliphatic carbocycles. The first-order valence-corrected chi connectivity index (χ1v) is 6.54. The van der Waals surface area contributed by atoms with Gasteiger partial charge in [0.2, 0.25) is 5.78 Å². The Kier molecular flexibility index (Phi) is 3.54. The van der Waals surface area contributed by atoms with Gasteiger partial charge < -0.3 is 4.90 Å². The van der Waals surface area contributed by atoms with Crippen LogP contribution in [-0.4, -0.2) is 25.4 Å². The minimum Gasteiger partial charge on any atom is -0.328 e. The van der Waals surface area contributed by atoms with Gasteiger partial charge in [-0.3, -0.25) is 4.79 Å². The van der Waals surface area contributed by atoms with E-state index in [1.54, 1.807) is 11.3 Å². The Balaban J connectivity index is 1.85. The van der Waals surface area contributed by atoms with Crippen molar-refractivity contribution in [2.75, 3.05) is 19.6 Å². The Morgan fingerprint density at radius 2 is 2.27 bits per heavy atom. The number of ketones is 1. The molecule has 2 rings (SSSR count). The van der Waals surface area contributed by atoms with Gasteiger partial charge in [0.05, 0.1) is 18.0 Å². The molecule has 1 aromatic heterocycles. The van der Waals surface area contributed by atoms with Crippen molar-refractivity contribution in [1.29, 1.82) is 0 Å². The number of rotatable bonds is 3. The molecule has 0 radical (unpaired) electrons. The van der Waals surface area contributed by atoms with Crippen LogP contribution in [0.1, 0.15) is 29.4 Å². The summed E-state index contributed by atoms with van der Waals surface area (Å²) in [5.74, 6) is 1.17. The zero-order chi connectivity index (χ0) is 10.7. The second kappa shape index (κ2) is 4.90. The molecule has 1 fully saturated rings. The average Bonchev–Trinajstić information content (AvgIpc) is 2.74. The molecule has 0 bridgehead atoms. The van der Waals surface area contributed by atoms with Crippen molar-refractivity contribution in [3.63, 3.8) is 0 Å². The molecule has 0 saturated carbocycles. The van der Waals surface area contributed by atoms with Gasteiger partial charge >= 0.3 is 0 Å². The Labute approximate surface area is 94.9 Å². The molecule has 1 saturated heterocycles. The normalized spacial score (nSPS) is 26.5. The third kappa shape index (κ3) is 2.89. The number of thiophene rings is 1. The largest absolute Gasteiger partial charge is 0.328 e. The molecule has 1 aliphatic heterocycles. The van der Waals surface area contributed by atoms with Crippen molar-refractivity contribution in [3.05, 3.63) is 22.4 Å². The number of likely N-dealkylation sites (tertiary alicyclic amines) is 1. The third-order valence-corrected chi connectivity index (χ3v) is 4.10. The number of hydrogen-bond acceptors (Lipinski definition) is 2. The number of piperidine rings is 1. The van der Waals surface area contributed by atoms with Crippen molar-refractivity contribution < 1.29 is 9.69 Å². The van der Waals surface area contributed by atoms with E-state index in [-0.39, 0.29) is 0 Å². The molecule has 3 heteroatoms. The maximum Gasteiger partial charge on any atom is 0.226 e. The Bertz CT molecular complexity index is 312. The van der Waals surface area contributed by atoms with Gasteiger partial charge in [-0.1, -0.05) is 13.0 Å². The van der Waals surface area contributed by atoms with Gasteiger partial charge in [-0.15, -0.1) is 11.3 Å². The molecule has 1 N–H and O–H groups in total. The maximum atomic E-state index is 11.8. The summed E-state index contributed by atoms with van der Waals surface area (Å²) in [5.41, 5.74) is 0. The monoisotopic (exact) mass is 224 g/mol. The van der Waals surface area contributed by atoms with E-state index in [4.69, 9.17) is 0 Å². The predicted molar refractivity (Wildman–Crippen MR) is 62.6 cm³/mol. The summed E-state index contributed by atoms with van der Waals surface area (Å²) in [6.45, 7) is 5.32. The molecule has 2 nitrogen and oxygen atoms in total. The van der Waals surface area contributed by atoms with E-state index in [9.17, 15) is 4.79 Å². The molecule has 1 aromatic rings. The number of Topliss-reactive ketones (excluding diaryl/α,β-unsaturated/α-hetero) is 1. The molecule has 1 aliphatic rings. The van der Waals surface area contributed by atoms with Crippen LogP contribution in [0.3, 0.4) is 0 Å². The maximum absolute atomic E-state index is 11.8. The lowest BCUT2D eigenvalue weighted by Crippen LogP contribution is -3.13. The Hall–Kier alpha value is -0.670. The molecule has 0 atom stereocenters. The summed E-state index contributed by atoms with van der Waals surface area (Å²) in [7, 11) is 0. The second-order valence-corrected chi connectivity index (χ2v) is 5.46. The van der Waals surface area contributed by atoms with Gasteiger partial charge in [-0.2, -0.15) is 0 Å². The first-order valence-electron chi connectivity index (χ1n) is 5.66. The summed E-state index contributed by atoms with van der Waals surface area (Å²) >= 11 is 1.56. The summed E-state index contributed by atoms with van der Waals surface area (Å²) in [5, 5.41) is 1.97. The fourth-order valence-corrected chi connectivity index (χ4v) is 2.76. The minimum absolute atomic E-state index is 0.314. The molecular weight excluding hydrogens is 206 g/mol. The van der Waals surface area contributed by atoms with Crippen molar-refractivity contribution in [2.24, 2.45) is 5.92 Å². The fourth-order valence-electron chi connectivity index (χ4n) is 2.10. The first-order chi connectivity index (χ1) is 7.25. The fraction of sp³-hybridized carbons (Fsp3) is 0.583. The number of quaternary nitrogens is 1. The van der Waals surface area contributed by atoms with Gasteiger partial charge in [0.25, 0.3) is 0 Å². The lowest BCUT2D eigenvalue weighted by Gasteiger charge is -2.26. The van der Waals surface area contributed by atoms with Crippen molar-refractivity contribution in [2.45, 2.75) is 19.8 Å². The highest BCUT2D eigenvalue weighted by atomic mass is 32.1. The lowest BCUT2D eigenvalue weighted by molar-refractivity contribution is -0.897. The van der Waals surface area contributed by atoms with Crippen LogP contribution < -0.4 is 4.90 Å². The molecule has 15 heavy (non-hydrogen) atoms.